The number of rotatable bonds is 5. The van der Waals surface area contributed by atoms with E-state index in [9.17, 15) is 4.79 Å². The zero-order valence-corrected chi connectivity index (χ0v) is 15.3. The largest absolute Gasteiger partial charge is 0.369 e. The Morgan fingerprint density at radius 3 is 2.21 bits per heavy atom. The van der Waals surface area contributed by atoms with Crippen molar-refractivity contribution in [3.63, 3.8) is 0 Å². The summed E-state index contributed by atoms with van der Waals surface area (Å²) >= 11 is 0. The lowest BCUT2D eigenvalue weighted by molar-refractivity contribution is 0.0950. The van der Waals surface area contributed by atoms with Gasteiger partial charge in [0.05, 0.1) is 0 Å². The first-order valence-corrected chi connectivity index (χ1v) is 9.76. The predicted molar refractivity (Wildman–Crippen MR) is 101 cm³/mol. The van der Waals surface area contributed by atoms with E-state index in [1.54, 1.807) is 0 Å². The molecule has 1 aliphatic heterocycles. The summed E-state index contributed by atoms with van der Waals surface area (Å²) in [6.45, 7) is 8.94. The summed E-state index contributed by atoms with van der Waals surface area (Å²) in [7, 11) is 0. The summed E-state index contributed by atoms with van der Waals surface area (Å²) < 4.78 is 0. The van der Waals surface area contributed by atoms with E-state index in [4.69, 9.17) is 0 Å². The molecule has 0 spiro atoms. The van der Waals surface area contributed by atoms with Crippen LogP contribution in [0.5, 0.6) is 0 Å². The Bertz CT molecular complexity index is 523. The van der Waals surface area contributed by atoms with Crippen LogP contribution in [-0.4, -0.2) is 42.9 Å². The zero-order chi connectivity index (χ0) is 16.9. The van der Waals surface area contributed by atoms with E-state index < -0.39 is 0 Å². The van der Waals surface area contributed by atoms with Gasteiger partial charge in [0.25, 0.3) is 0 Å². The molecule has 1 heterocycles. The normalized spacial score (nSPS) is 20.5. The van der Waals surface area contributed by atoms with Crippen LogP contribution in [0.25, 0.3) is 0 Å². The van der Waals surface area contributed by atoms with Crippen molar-refractivity contribution in [2.24, 2.45) is 5.92 Å². The maximum Gasteiger partial charge on any atom is 0.163 e. The third-order valence-electron chi connectivity index (χ3n) is 5.80. The van der Waals surface area contributed by atoms with Gasteiger partial charge >= 0.3 is 0 Å². The minimum absolute atomic E-state index is 0.332. The number of hydrogen-bond donors (Lipinski definition) is 0. The lowest BCUT2D eigenvalue weighted by Gasteiger charge is -2.38. The van der Waals surface area contributed by atoms with Crippen LogP contribution in [0.4, 0.5) is 5.69 Å². The highest BCUT2D eigenvalue weighted by molar-refractivity contribution is 5.96. The quantitative estimate of drug-likeness (QED) is 0.750. The van der Waals surface area contributed by atoms with Gasteiger partial charge < -0.3 is 4.90 Å². The second-order valence-electron chi connectivity index (χ2n) is 7.79. The topological polar surface area (TPSA) is 23.6 Å². The number of hydrogen-bond acceptors (Lipinski definition) is 3. The van der Waals surface area contributed by atoms with Crippen molar-refractivity contribution in [2.45, 2.75) is 58.4 Å². The summed E-state index contributed by atoms with van der Waals surface area (Å²) in [4.78, 5) is 17.5. The summed E-state index contributed by atoms with van der Waals surface area (Å²) in [6, 6.07) is 8.98. The van der Waals surface area contributed by atoms with Crippen LogP contribution in [-0.2, 0) is 0 Å². The maximum absolute atomic E-state index is 12.5. The fraction of sp³-hybridized carbons (Fsp3) is 0.667. The molecule has 1 aliphatic carbocycles. The lowest BCUT2D eigenvalue weighted by atomic mass is 9.85. The Hall–Kier alpha value is -1.35. The van der Waals surface area contributed by atoms with Gasteiger partial charge in [-0.05, 0) is 44.0 Å². The van der Waals surface area contributed by atoms with Gasteiger partial charge in [0.1, 0.15) is 0 Å². The number of benzene rings is 1. The fourth-order valence-electron chi connectivity index (χ4n) is 4.13. The van der Waals surface area contributed by atoms with Crippen LogP contribution >= 0.6 is 0 Å². The van der Waals surface area contributed by atoms with E-state index in [0.29, 0.717) is 17.7 Å². The van der Waals surface area contributed by atoms with E-state index in [2.05, 4.69) is 35.8 Å². The average molecular weight is 329 g/mol. The minimum atomic E-state index is 0.332. The summed E-state index contributed by atoms with van der Waals surface area (Å²) in [5, 5.41) is 0. The van der Waals surface area contributed by atoms with Crippen molar-refractivity contribution >= 4 is 11.5 Å². The molecule has 1 aromatic carbocycles. The van der Waals surface area contributed by atoms with Gasteiger partial charge in [-0.1, -0.05) is 32.1 Å². The molecule has 2 fully saturated rings. The first-order valence-electron chi connectivity index (χ1n) is 9.76. The number of carbonyl (C=O) groups excluding carboxylic acids is 1. The molecule has 3 rings (SSSR count). The molecule has 1 saturated heterocycles. The molecule has 132 valence electrons. The first kappa shape index (κ1) is 17.5. The smallest absolute Gasteiger partial charge is 0.163 e. The Labute approximate surface area is 147 Å². The van der Waals surface area contributed by atoms with Gasteiger partial charge in [-0.3, -0.25) is 9.69 Å². The Morgan fingerprint density at radius 1 is 1.00 bits per heavy atom. The van der Waals surface area contributed by atoms with Crippen LogP contribution in [0, 0.1) is 5.92 Å². The molecule has 1 aromatic rings. The molecule has 2 aliphatic rings. The molecule has 3 nitrogen and oxygen atoms in total. The summed E-state index contributed by atoms with van der Waals surface area (Å²) in [5.74, 6) is 0.952. The second kappa shape index (κ2) is 8.15. The highest BCUT2D eigenvalue weighted by Crippen LogP contribution is 2.28. The van der Waals surface area contributed by atoms with Gasteiger partial charge in [0, 0.05) is 49.9 Å². The fourth-order valence-corrected chi connectivity index (χ4v) is 4.13. The van der Waals surface area contributed by atoms with Crippen molar-refractivity contribution in [1.29, 1.82) is 0 Å². The van der Waals surface area contributed by atoms with Crippen molar-refractivity contribution in [1.82, 2.24) is 4.90 Å². The average Bonchev–Trinajstić information content (AvgIpc) is 2.63. The molecule has 0 unspecified atom stereocenters. The molecule has 0 radical (unpaired) electrons. The molecule has 0 amide bonds. The summed E-state index contributed by atoms with van der Waals surface area (Å²) in [6.07, 6.45) is 7.18. The molecule has 1 saturated carbocycles. The van der Waals surface area contributed by atoms with Crippen molar-refractivity contribution in [2.75, 3.05) is 31.1 Å². The Balaban J connectivity index is 1.54. The minimum Gasteiger partial charge on any atom is -0.369 e. The SMILES string of the molecule is CC(C)N1CCN(c2ccc(C(=O)CC3CCCCC3)cc2)CC1. The van der Waals surface area contributed by atoms with E-state index in [-0.39, 0.29) is 0 Å². The monoisotopic (exact) mass is 328 g/mol. The highest BCUT2D eigenvalue weighted by Gasteiger charge is 2.20. The van der Waals surface area contributed by atoms with E-state index in [0.717, 1.165) is 38.2 Å². The molecule has 0 N–H and O–H groups in total. The molecule has 3 heteroatoms. The van der Waals surface area contributed by atoms with Gasteiger partial charge in [0.2, 0.25) is 0 Å². The number of anilines is 1. The molecule has 24 heavy (non-hydrogen) atoms. The van der Waals surface area contributed by atoms with Crippen molar-refractivity contribution in [3.05, 3.63) is 29.8 Å². The number of piperazine rings is 1. The van der Waals surface area contributed by atoms with Crippen LogP contribution in [0.2, 0.25) is 0 Å². The van der Waals surface area contributed by atoms with Crippen molar-refractivity contribution < 1.29 is 4.79 Å². The molecular weight excluding hydrogens is 296 g/mol. The Morgan fingerprint density at radius 2 is 1.62 bits per heavy atom. The third kappa shape index (κ3) is 4.38. The molecule has 0 atom stereocenters. The maximum atomic E-state index is 12.5. The van der Waals surface area contributed by atoms with Crippen LogP contribution in [0.3, 0.4) is 0 Å². The zero-order valence-electron chi connectivity index (χ0n) is 15.3. The van der Waals surface area contributed by atoms with Crippen LogP contribution < -0.4 is 4.90 Å². The molecule has 0 aromatic heterocycles. The second-order valence-corrected chi connectivity index (χ2v) is 7.79. The van der Waals surface area contributed by atoms with E-state index in [1.807, 2.05) is 12.1 Å². The summed E-state index contributed by atoms with van der Waals surface area (Å²) in [5.41, 5.74) is 2.15. The molecular formula is C21H32N2O. The Kier molecular flexibility index (Phi) is 5.94. The van der Waals surface area contributed by atoms with E-state index >= 15 is 0 Å². The number of nitrogens with zero attached hydrogens (tertiary/aromatic N) is 2. The van der Waals surface area contributed by atoms with E-state index in [1.165, 1.54) is 37.8 Å². The third-order valence-corrected chi connectivity index (χ3v) is 5.80. The number of Topliss-reactive ketones (excluding diaryl/α,β-unsaturated/α-hetero) is 1. The van der Waals surface area contributed by atoms with Gasteiger partial charge in [0.15, 0.2) is 5.78 Å². The first-order chi connectivity index (χ1) is 11.6. The number of carbonyl (C=O) groups is 1. The van der Waals surface area contributed by atoms with Gasteiger partial charge in [-0.15, -0.1) is 0 Å². The van der Waals surface area contributed by atoms with Crippen LogP contribution in [0.1, 0.15) is 62.7 Å². The number of ketones is 1. The van der Waals surface area contributed by atoms with Gasteiger partial charge in [-0.25, -0.2) is 0 Å². The van der Waals surface area contributed by atoms with Crippen LogP contribution in [0.15, 0.2) is 24.3 Å². The lowest BCUT2D eigenvalue weighted by Crippen LogP contribution is -2.48. The van der Waals surface area contributed by atoms with Crippen molar-refractivity contribution in [3.8, 4) is 0 Å². The standard InChI is InChI=1S/C21H32N2O/c1-17(2)22-12-14-23(15-13-22)20-10-8-19(9-11-20)21(24)16-18-6-4-3-5-7-18/h8-11,17-18H,3-7,12-16H2,1-2H3. The molecule has 0 bridgehead atoms. The van der Waals surface area contributed by atoms with Gasteiger partial charge in [-0.2, -0.15) is 0 Å². The predicted octanol–water partition coefficient (Wildman–Crippen LogP) is 4.37. The highest BCUT2D eigenvalue weighted by atomic mass is 16.1.